The van der Waals surface area contributed by atoms with E-state index in [1.807, 2.05) is 27.0 Å². The van der Waals surface area contributed by atoms with Gasteiger partial charge in [-0.1, -0.05) is 29.1 Å². The lowest BCUT2D eigenvalue weighted by Gasteiger charge is -2.17. The van der Waals surface area contributed by atoms with Crippen LogP contribution in [0.4, 0.5) is 0 Å². The van der Waals surface area contributed by atoms with Gasteiger partial charge in [0.2, 0.25) is 0 Å². The van der Waals surface area contributed by atoms with E-state index in [0.717, 1.165) is 11.1 Å². The highest BCUT2D eigenvalue weighted by Crippen LogP contribution is 2.27. The molecule has 5 nitrogen and oxygen atoms in total. The first-order chi connectivity index (χ1) is 12.0. The lowest BCUT2D eigenvalue weighted by atomic mass is 9.99. The average molecular weight is 336 g/mol. The van der Waals surface area contributed by atoms with Crippen LogP contribution in [0.5, 0.6) is 0 Å². The van der Waals surface area contributed by atoms with Crippen molar-refractivity contribution in [3.8, 4) is 11.8 Å². The molecule has 1 unspecified atom stereocenters. The maximum absolute atomic E-state index is 5.50. The van der Waals surface area contributed by atoms with Crippen LogP contribution in [0.2, 0.25) is 0 Å². The summed E-state index contributed by atoms with van der Waals surface area (Å²) >= 11 is 0. The second kappa shape index (κ2) is 7.52. The Morgan fingerprint density at radius 1 is 1.32 bits per heavy atom. The molecular formula is C20H24N4O. The van der Waals surface area contributed by atoms with Gasteiger partial charge in [0.15, 0.2) is 0 Å². The van der Waals surface area contributed by atoms with Gasteiger partial charge in [-0.15, -0.1) is 0 Å². The van der Waals surface area contributed by atoms with Crippen LogP contribution in [0.15, 0.2) is 42.1 Å². The fraction of sp³-hybridized carbons (Fsp3) is 0.450. The van der Waals surface area contributed by atoms with E-state index in [1.54, 1.807) is 11.0 Å². The summed E-state index contributed by atoms with van der Waals surface area (Å²) in [6.45, 7) is 6.59. The minimum Gasteiger partial charge on any atom is -0.390 e. The molecule has 0 saturated heterocycles. The van der Waals surface area contributed by atoms with E-state index in [2.05, 4.69) is 51.3 Å². The fourth-order valence-electron chi connectivity index (χ4n) is 2.26. The van der Waals surface area contributed by atoms with Gasteiger partial charge in [0.25, 0.3) is 0 Å². The number of benzene rings is 1. The molecule has 5 heteroatoms. The molecule has 25 heavy (non-hydrogen) atoms. The van der Waals surface area contributed by atoms with Gasteiger partial charge >= 0.3 is 0 Å². The maximum Gasteiger partial charge on any atom is 0.137 e. The van der Waals surface area contributed by atoms with E-state index in [-0.39, 0.29) is 11.5 Å². The lowest BCUT2D eigenvalue weighted by molar-refractivity contribution is 0.00136. The van der Waals surface area contributed by atoms with Crippen molar-refractivity contribution in [2.24, 2.45) is 11.1 Å². The predicted molar refractivity (Wildman–Crippen MR) is 98.1 cm³/mol. The summed E-state index contributed by atoms with van der Waals surface area (Å²) in [5, 5.41) is 8.37. The maximum atomic E-state index is 5.50. The number of rotatable bonds is 5. The zero-order valence-corrected chi connectivity index (χ0v) is 15.0. The third-order valence-electron chi connectivity index (χ3n) is 3.75. The van der Waals surface area contributed by atoms with Gasteiger partial charge in [-0.2, -0.15) is 5.10 Å². The fourth-order valence-corrected chi connectivity index (χ4v) is 2.26. The highest BCUT2D eigenvalue weighted by Gasteiger charge is 2.18. The molecule has 1 fully saturated rings. The van der Waals surface area contributed by atoms with Crippen LogP contribution in [0, 0.1) is 17.8 Å². The first kappa shape index (κ1) is 17.2. The molecule has 0 aliphatic heterocycles. The Hall–Kier alpha value is -2.61. The Morgan fingerprint density at radius 2 is 2.08 bits per heavy atom. The summed E-state index contributed by atoms with van der Waals surface area (Å²) in [5.74, 6) is 7.20. The van der Waals surface area contributed by atoms with Gasteiger partial charge in [0.05, 0.1) is 12.8 Å². The molecule has 0 N–H and O–H groups in total. The van der Waals surface area contributed by atoms with Crippen molar-refractivity contribution in [3.63, 3.8) is 0 Å². The lowest BCUT2D eigenvalue weighted by Crippen LogP contribution is -2.17. The third kappa shape index (κ3) is 5.75. The summed E-state index contributed by atoms with van der Waals surface area (Å²) in [6, 6.07) is 8.33. The van der Waals surface area contributed by atoms with E-state index >= 15 is 0 Å². The Labute approximate surface area is 149 Å². The molecule has 0 radical (unpaired) electrons. The van der Waals surface area contributed by atoms with Crippen molar-refractivity contribution in [1.29, 1.82) is 0 Å². The number of oxime groups is 1. The molecule has 1 aliphatic rings. The van der Waals surface area contributed by atoms with Crippen LogP contribution < -0.4 is 0 Å². The zero-order chi connectivity index (χ0) is 17.7. The van der Waals surface area contributed by atoms with Crippen molar-refractivity contribution < 1.29 is 4.84 Å². The standard InChI is InChI=1S/C20H24N4O/c1-20(2,3)25-23-12-19(13-24-15-21-14-22-24)18-10-8-17(9-11-18)7-6-16-4-5-16/h8-12,14-16,19H,4-5,13H2,1-3H3. The SMILES string of the molecule is CC(C)(C)ON=CC(Cn1cncn1)c1ccc(C#CC2CC2)cc1. The van der Waals surface area contributed by atoms with Gasteiger partial charge in [0, 0.05) is 17.4 Å². The monoisotopic (exact) mass is 336 g/mol. The van der Waals surface area contributed by atoms with Gasteiger partial charge in [-0.05, 0) is 51.3 Å². The number of hydrogen-bond donors (Lipinski definition) is 0. The molecule has 1 aliphatic carbocycles. The summed E-state index contributed by atoms with van der Waals surface area (Å²) in [6.07, 6.45) is 7.57. The molecule has 1 aromatic heterocycles. The first-order valence-corrected chi connectivity index (χ1v) is 8.65. The molecule has 1 saturated carbocycles. The normalized spacial score (nSPS) is 15.6. The average Bonchev–Trinajstić information content (AvgIpc) is 3.26. The first-order valence-electron chi connectivity index (χ1n) is 8.65. The summed E-state index contributed by atoms with van der Waals surface area (Å²) < 4.78 is 1.80. The van der Waals surface area contributed by atoms with E-state index in [0.29, 0.717) is 12.5 Å². The van der Waals surface area contributed by atoms with Crippen molar-refractivity contribution in [2.45, 2.75) is 51.7 Å². The highest BCUT2D eigenvalue weighted by molar-refractivity contribution is 5.67. The van der Waals surface area contributed by atoms with E-state index in [1.165, 1.54) is 19.2 Å². The largest absolute Gasteiger partial charge is 0.390 e. The molecule has 130 valence electrons. The predicted octanol–water partition coefficient (Wildman–Crippen LogP) is 3.62. The second-order valence-electron chi connectivity index (χ2n) is 7.35. The molecule has 1 heterocycles. The van der Waals surface area contributed by atoms with E-state index in [4.69, 9.17) is 4.84 Å². The van der Waals surface area contributed by atoms with Crippen molar-refractivity contribution in [3.05, 3.63) is 48.0 Å². The zero-order valence-electron chi connectivity index (χ0n) is 15.0. The van der Waals surface area contributed by atoms with Crippen LogP contribution in [-0.4, -0.2) is 26.6 Å². The summed E-state index contributed by atoms with van der Waals surface area (Å²) in [4.78, 5) is 9.51. The Kier molecular flexibility index (Phi) is 5.18. The Balaban J connectivity index is 1.74. The molecule has 0 bridgehead atoms. The third-order valence-corrected chi connectivity index (χ3v) is 3.75. The molecular weight excluding hydrogens is 312 g/mol. The number of nitrogens with zero attached hydrogens (tertiary/aromatic N) is 4. The van der Waals surface area contributed by atoms with Gasteiger partial charge < -0.3 is 4.84 Å². The van der Waals surface area contributed by atoms with Crippen molar-refractivity contribution in [1.82, 2.24) is 14.8 Å². The van der Waals surface area contributed by atoms with Gasteiger partial charge in [-0.3, -0.25) is 4.68 Å². The van der Waals surface area contributed by atoms with Crippen molar-refractivity contribution in [2.75, 3.05) is 0 Å². The van der Waals surface area contributed by atoms with Crippen LogP contribution in [0.25, 0.3) is 0 Å². The molecule has 3 rings (SSSR count). The molecule has 1 atom stereocenters. The second-order valence-corrected chi connectivity index (χ2v) is 7.35. The van der Waals surface area contributed by atoms with Crippen LogP contribution >= 0.6 is 0 Å². The summed E-state index contributed by atoms with van der Waals surface area (Å²) in [7, 11) is 0. The van der Waals surface area contributed by atoms with E-state index in [9.17, 15) is 0 Å². The van der Waals surface area contributed by atoms with Crippen LogP contribution in [0.3, 0.4) is 0 Å². The number of hydrogen-bond acceptors (Lipinski definition) is 4. The molecule has 0 spiro atoms. The Bertz CT molecular complexity index is 757. The molecule has 2 aromatic rings. The van der Waals surface area contributed by atoms with Gasteiger partial charge in [0.1, 0.15) is 18.3 Å². The van der Waals surface area contributed by atoms with E-state index < -0.39 is 0 Å². The minimum absolute atomic E-state index is 0.0505. The number of aromatic nitrogens is 3. The quantitative estimate of drug-likeness (QED) is 0.476. The molecule has 0 amide bonds. The summed E-state index contributed by atoms with van der Waals surface area (Å²) in [5.41, 5.74) is 1.89. The van der Waals surface area contributed by atoms with Gasteiger partial charge in [-0.25, -0.2) is 4.98 Å². The van der Waals surface area contributed by atoms with Crippen LogP contribution in [0.1, 0.15) is 50.7 Å². The Morgan fingerprint density at radius 3 is 2.68 bits per heavy atom. The highest BCUT2D eigenvalue weighted by atomic mass is 16.6. The van der Waals surface area contributed by atoms with Crippen LogP contribution in [-0.2, 0) is 11.4 Å². The topological polar surface area (TPSA) is 52.3 Å². The smallest absolute Gasteiger partial charge is 0.137 e. The molecule has 1 aromatic carbocycles. The minimum atomic E-state index is -0.309. The van der Waals surface area contributed by atoms with Crippen molar-refractivity contribution >= 4 is 6.21 Å².